The van der Waals surface area contributed by atoms with Crippen molar-refractivity contribution in [2.75, 3.05) is 6.54 Å². The van der Waals surface area contributed by atoms with Gasteiger partial charge >= 0.3 is 0 Å². The molecule has 1 N–H and O–H groups in total. The van der Waals surface area contributed by atoms with E-state index in [4.69, 9.17) is 0 Å². The number of nitrogens with zero attached hydrogens (tertiary/aromatic N) is 2. The van der Waals surface area contributed by atoms with Crippen LogP contribution in [-0.2, 0) is 6.54 Å². The molecule has 0 unspecified atom stereocenters. The minimum atomic E-state index is -0.0178. The summed E-state index contributed by atoms with van der Waals surface area (Å²) in [5.74, 6) is 0.992. The summed E-state index contributed by atoms with van der Waals surface area (Å²) < 4.78 is 3.27. The van der Waals surface area contributed by atoms with Gasteiger partial charge in [-0.15, -0.1) is 0 Å². The van der Waals surface area contributed by atoms with Gasteiger partial charge in [-0.2, -0.15) is 0 Å². The second-order valence-electron chi connectivity index (χ2n) is 5.42. The second kappa shape index (κ2) is 7.12. The zero-order valence-corrected chi connectivity index (χ0v) is 15.1. The summed E-state index contributed by atoms with van der Waals surface area (Å²) in [6.07, 6.45) is 0.872. The summed E-state index contributed by atoms with van der Waals surface area (Å²) in [6, 6.07) is 15.7. The lowest BCUT2D eigenvalue weighted by Gasteiger charge is -2.08. The van der Waals surface area contributed by atoms with Crippen LogP contribution in [0.25, 0.3) is 11.0 Å². The number of nitrogens with one attached hydrogen (secondary N) is 1. The second-order valence-corrected chi connectivity index (χ2v) is 6.66. The normalized spacial score (nSPS) is 10.9. The van der Waals surface area contributed by atoms with Crippen LogP contribution in [0.15, 0.2) is 48.5 Å². The minimum Gasteiger partial charge on any atom is -0.352 e. The van der Waals surface area contributed by atoms with E-state index in [-0.39, 0.29) is 5.91 Å². The molecule has 5 heteroatoms. The smallest absolute Gasteiger partial charge is 0.251 e. The Bertz CT molecular complexity index is 841. The number of imidazole rings is 1. The quantitative estimate of drug-likeness (QED) is 0.506. The van der Waals surface area contributed by atoms with Gasteiger partial charge in [-0.3, -0.25) is 4.79 Å². The molecule has 23 heavy (non-hydrogen) atoms. The molecule has 0 aliphatic carbocycles. The van der Waals surface area contributed by atoms with Crippen LogP contribution in [0.4, 0.5) is 0 Å². The number of fused-ring (bicyclic) bond motifs is 1. The highest BCUT2D eigenvalue weighted by molar-refractivity contribution is 14.1. The van der Waals surface area contributed by atoms with Gasteiger partial charge in [0.15, 0.2) is 0 Å². The molecule has 0 bridgehead atoms. The zero-order chi connectivity index (χ0) is 16.2. The lowest BCUT2D eigenvalue weighted by molar-refractivity contribution is 0.0952. The van der Waals surface area contributed by atoms with Gasteiger partial charge in [-0.25, -0.2) is 4.98 Å². The number of hydrogen-bond acceptors (Lipinski definition) is 2. The van der Waals surface area contributed by atoms with Crippen LogP contribution < -0.4 is 5.32 Å². The van der Waals surface area contributed by atoms with Crippen molar-refractivity contribution in [3.63, 3.8) is 0 Å². The molecule has 3 aromatic rings. The van der Waals surface area contributed by atoms with E-state index in [1.54, 1.807) is 0 Å². The lowest BCUT2D eigenvalue weighted by atomic mass is 10.2. The molecule has 0 radical (unpaired) electrons. The summed E-state index contributed by atoms with van der Waals surface area (Å²) >= 11 is 2.21. The van der Waals surface area contributed by atoms with Crippen molar-refractivity contribution in [2.45, 2.75) is 19.9 Å². The van der Waals surface area contributed by atoms with E-state index in [0.29, 0.717) is 12.1 Å². The summed E-state index contributed by atoms with van der Waals surface area (Å²) in [4.78, 5) is 16.7. The molecule has 0 aliphatic heterocycles. The fourth-order valence-corrected chi connectivity index (χ4v) is 3.19. The molecule has 0 saturated carbocycles. The molecule has 1 amide bonds. The van der Waals surface area contributed by atoms with Gasteiger partial charge in [0.25, 0.3) is 5.91 Å². The molecular formula is C18H18IN3O. The Kier molecular flexibility index (Phi) is 4.95. The highest BCUT2D eigenvalue weighted by atomic mass is 127. The third-order valence-electron chi connectivity index (χ3n) is 3.78. The maximum atomic E-state index is 12.1. The van der Waals surface area contributed by atoms with Crippen LogP contribution in [0.5, 0.6) is 0 Å². The molecule has 118 valence electrons. The molecule has 0 spiro atoms. The van der Waals surface area contributed by atoms with Crippen LogP contribution in [0.2, 0.25) is 0 Å². The number of aromatic nitrogens is 2. The van der Waals surface area contributed by atoms with Gasteiger partial charge in [-0.1, -0.05) is 18.2 Å². The summed E-state index contributed by atoms with van der Waals surface area (Å²) in [7, 11) is 0. The van der Waals surface area contributed by atoms with Gasteiger partial charge in [0.05, 0.1) is 11.0 Å². The van der Waals surface area contributed by atoms with Crippen molar-refractivity contribution in [2.24, 2.45) is 0 Å². The standard InChI is InChI=1S/C18H18IN3O/c1-13-21-16-8-2-3-9-17(16)22(13)11-5-10-20-18(23)14-6-4-7-15(19)12-14/h2-4,6-9,12H,5,10-11H2,1H3,(H,20,23). The Morgan fingerprint density at radius 2 is 2.04 bits per heavy atom. The minimum absolute atomic E-state index is 0.0178. The molecule has 0 saturated heterocycles. The van der Waals surface area contributed by atoms with E-state index >= 15 is 0 Å². The van der Waals surface area contributed by atoms with E-state index in [9.17, 15) is 4.79 Å². The number of halogens is 1. The number of rotatable bonds is 5. The van der Waals surface area contributed by atoms with Crippen molar-refractivity contribution in [3.05, 3.63) is 63.5 Å². The Balaban J connectivity index is 1.57. The molecule has 3 rings (SSSR count). The van der Waals surface area contributed by atoms with Gasteiger partial charge in [0, 0.05) is 22.2 Å². The highest BCUT2D eigenvalue weighted by Crippen LogP contribution is 2.15. The van der Waals surface area contributed by atoms with Crippen molar-refractivity contribution in [1.82, 2.24) is 14.9 Å². The topological polar surface area (TPSA) is 46.9 Å². The first-order chi connectivity index (χ1) is 11.1. The monoisotopic (exact) mass is 419 g/mol. The first-order valence-electron chi connectivity index (χ1n) is 7.61. The van der Waals surface area contributed by atoms with Crippen LogP contribution in [0, 0.1) is 10.5 Å². The van der Waals surface area contributed by atoms with Crippen molar-refractivity contribution >= 4 is 39.5 Å². The van der Waals surface area contributed by atoms with E-state index in [1.165, 1.54) is 0 Å². The number of benzene rings is 2. The Morgan fingerprint density at radius 3 is 2.87 bits per heavy atom. The SMILES string of the molecule is Cc1nc2ccccc2n1CCCNC(=O)c1cccc(I)c1. The van der Waals surface area contributed by atoms with Gasteiger partial charge in [-0.05, 0) is 66.3 Å². The van der Waals surface area contributed by atoms with E-state index < -0.39 is 0 Å². The maximum absolute atomic E-state index is 12.1. The fraction of sp³-hybridized carbons (Fsp3) is 0.222. The van der Waals surface area contributed by atoms with Crippen LogP contribution in [-0.4, -0.2) is 22.0 Å². The number of hydrogen-bond donors (Lipinski definition) is 1. The van der Waals surface area contributed by atoms with Crippen LogP contribution >= 0.6 is 22.6 Å². The zero-order valence-electron chi connectivity index (χ0n) is 12.9. The van der Waals surface area contributed by atoms with Gasteiger partial charge < -0.3 is 9.88 Å². The summed E-state index contributed by atoms with van der Waals surface area (Å²) in [6.45, 7) is 3.51. The van der Waals surface area contributed by atoms with Crippen molar-refractivity contribution in [3.8, 4) is 0 Å². The fourth-order valence-electron chi connectivity index (χ4n) is 2.65. The third-order valence-corrected chi connectivity index (χ3v) is 4.45. The van der Waals surface area contributed by atoms with Crippen LogP contribution in [0.3, 0.4) is 0 Å². The van der Waals surface area contributed by atoms with Crippen molar-refractivity contribution in [1.29, 1.82) is 0 Å². The Hall–Kier alpha value is -1.89. The number of carbonyl (C=O) groups excluding carboxylic acids is 1. The molecule has 2 aromatic carbocycles. The molecule has 1 aromatic heterocycles. The molecule has 4 nitrogen and oxygen atoms in total. The highest BCUT2D eigenvalue weighted by Gasteiger charge is 2.07. The van der Waals surface area contributed by atoms with E-state index in [2.05, 4.69) is 43.5 Å². The first kappa shape index (κ1) is 16.0. The molecule has 1 heterocycles. The summed E-state index contributed by atoms with van der Waals surface area (Å²) in [5, 5.41) is 2.98. The first-order valence-corrected chi connectivity index (χ1v) is 8.68. The molecule has 0 aliphatic rings. The van der Waals surface area contributed by atoms with Crippen molar-refractivity contribution < 1.29 is 4.79 Å². The van der Waals surface area contributed by atoms with E-state index in [0.717, 1.165) is 33.4 Å². The van der Waals surface area contributed by atoms with Gasteiger partial charge in [0.1, 0.15) is 5.82 Å². The number of para-hydroxylation sites is 2. The number of amides is 1. The Labute approximate surface area is 149 Å². The van der Waals surface area contributed by atoms with E-state index in [1.807, 2.05) is 49.4 Å². The molecule has 0 atom stereocenters. The maximum Gasteiger partial charge on any atom is 0.251 e. The average molecular weight is 419 g/mol. The third kappa shape index (κ3) is 3.72. The molecule has 0 fully saturated rings. The summed E-state index contributed by atoms with van der Waals surface area (Å²) in [5.41, 5.74) is 2.88. The number of carbonyl (C=O) groups is 1. The number of aryl methyl sites for hydroxylation is 2. The largest absolute Gasteiger partial charge is 0.352 e. The predicted octanol–water partition coefficient (Wildman–Crippen LogP) is 3.77. The predicted molar refractivity (Wildman–Crippen MR) is 101 cm³/mol. The molecular weight excluding hydrogens is 401 g/mol. The average Bonchev–Trinajstić information content (AvgIpc) is 2.87. The van der Waals surface area contributed by atoms with Gasteiger partial charge in [0.2, 0.25) is 0 Å². The Morgan fingerprint density at radius 1 is 1.22 bits per heavy atom. The lowest BCUT2D eigenvalue weighted by Crippen LogP contribution is -2.25. The van der Waals surface area contributed by atoms with Crippen LogP contribution in [0.1, 0.15) is 22.6 Å².